The van der Waals surface area contributed by atoms with Crippen molar-refractivity contribution in [2.24, 2.45) is 5.73 Å². The van der Waals surface area contributed by atoms with Gasteiger partial charge in [-0.2, -0.15) is 0 Å². The fraction of sp³-hybridized carbons (Fsp3) is 0.462. The number of carbonyl (C=O) groups excluding carboxylic acids is 1. The van der Waals surface area contributed by atoms with E-state index < -0.39 is 12.0 Å². The van der Waals surface area contributed by atoms with Crippen molar-refractivity contribution >= 4 is 5.97 Å². The lowest BCUT2D eigenvalue weighted by molar-refractivity contribution is -0.150. The van der Waals surface area contributed by atoms with Crippen molar-refractivity contribution in [3.8, 4) is 5.75 Å². The third-order valence-corrected chi connectivity index (χ3v) is 2.87. The van der Waals surface area contributed by atoms with Crippen molar-refractivity contribution in [2.75, 3.05) is 13.2 Å². The van der Waals surface area contributed by atoms with Crippen LogP contribution < -0.4 is 5.73 Å². The summed E-state index contributed by atoms with van der Waals surface area (Å²) in [4.78, 5) is 11.7. The first-order chi connectivity index (χ1) is 8.65. The van der Waals surface area contributed by atoms with Gasteiger partial charge in [0, 0.05) is 6.42 Å². The molecule has 18 heavy (non-hydrogen) atoms. The van der Waals surface area contributed by atoms with Crippen molar-refractivity contribution in [3.63, 3.8) is 0 Å². The summed E-state index contributed by atoms with van der Waals surface area (Å²) in [7, 11) is 0. The van der Waals surface area contributed by atoms with Crippen molar-refractivity contribution in [1.29, 1.82) is 0 Å². The minimum atomic E-state index is -0.685. The number of benzene rings is 1. The number of nitrogens with two attached hydrogens (primary N) is 1. The molecular weight excluding hydrogens is 234 g/mol. The Kier molecular flexibility index (Phi) is 4.17. The average molecular weight is 251 g/mol. The van der Waals surface area contributed by atoms with Gasteiger partial charge in [0.1, 0.15) is 17.9 Å². The average Bonchev–Trinajstić information content (AvgIpc) is 2.85. The molecule has 2 atom stereocenters. The Balaban J connectivity index is 1.84. The summed E-state index contributed by atoms with van der Waals surface area (Å²) in [5.74, 6) is -0.212. The summed E-state index contributed by atoms with van der Waals surface area (Å²) in [6.07, 6.45) is 0.966. The lowest BCUT2D eigenvalue weighted by Crippen LogP contribution is -2.36. The molecule has 1 fully saturated rings. The highest BCUT2D eigenvalue weighted by Crippen LogP contribution is 2.13. The molecule has 1 aromatic rings. The highest BCUT2D eigenvalue weighted by atomic mass is 16.6. The second-order valence-electron chi connectivity index (χ2n) is 4.40. The Labute approximate surface area is 106 Å². The zero-order chi connectivity index (χ0) is 13.0. The van der Waals surface area contributed by atoms with Gasteiger partial charge in [-0.3, -0.25) is 4.79 Å². The molecule has 1 aliphatic heterocycles. The maximum atomic E-state index is 11.7. The van der Waals surface area contributed by atoms with Gasteiger partial charge in [0.2, 0.25) is 0 Å². The van der Waals surface area contributed by atoms with Crippen LogP contribution in [-0.2, 0) is 20.7 Å². The second kappa shape index (κ2) is 5.84. The minimum absolute atomic E-state index is 0.164. The number of aromatic hydroxyl groups is 1. The fourth-order valence-corrected chi connectivity index (χ4v) is 1.83. The molecule has 1 aromatic carbocycles. The molecule has 0 aliphatic carbocycles. The van der Waals surface area contributed by atoms with Gasteiger partial charge in [-0.05, 0) is 24.1 Å². The zero-order valence-electron chi connectivity index (χ0n) is 10.0. The Morgan fingerprint density at radius 2 is 2.22 bits per heavy atom. The topological polar surface area (TPSA) is 81.8 Å². The van der Waals surface area contributed by atoms with Crippen LogP contribution in [0.3, 0.4) is 0 Å². The number of esters is 1. The number of phenols is 1. The monoisotopic (exact) mass is 251 g/mol. The molecular formula is C13H17NO4. The molecule has 2 rings (SSSR count). The van der Waals surface area contributed by atoms with Gasteiger partial charge in [0.05, 0.1) is 13.2 Å². The lowest BCUT2D eigenvalue weighted by atomic mass is 10.1. The molecule has 1 unspecified atom stereocenters. The third kappa shape index (κ3) is 3.45. The first-order valence-corrected chi connectivity index (χ1v) is 5.97. The fourth-order valence-electron chi connectivity index (χ4n) is 1.83. The highest BCUT2D eigenvalue weighted by molar-refractivity contribution is 5.76. The molecule has 5 heteroatoms. The molecule has 0 bridgehead atoms. The van der Waals surface area contributed by atoms with Crippen LogP contribution >= 0.6 is 0 Å². The molecule has 1 saturated heterocycles. The summed E-state index contributed by atoms with van der Waals surface area (Å²) in [5.41, 5.74) is 6.68. The summed E-state index contributed by atoms with van der Waals surface area (Å²) in [6.45, 7) is 1.09. The van der Waals surface area contributed by atoms with Crippen molar-refractivity contribution in [2.45, 2.75) is 25.0 Å². The maximum absolute atomic E-state index is 11.7. The lowest BCUT2D eigenvalue weighted by Gasteiger charge is -2.15. The summed E-state index contributed by atoms with van der Waals surface area (Å²) in [6, 6.07) is 5.92. The van der Waals surface area contributed by atoms with E-state index in [2.05, 4.69) is 0 Å². The number of hydrogen-bond donors (Lipinski definition) is 2. The van der Waals surface area contributed by atoms with E-state index in [9.17, 15) is 4.79 Å². The van der Waals surface area contributed by atoms with Gasteiger partial charge in [-0.15, -0.1) is 0 Å². The van der Waals surface area contributed by atoms with Crippen LogP contribution in [0.2, 0.25) is 0 Å². The van der Waals surface area contributed by atoms with E-state index in [0.29, 0.717) is 19.6 Å². The number of rotatable bonds is 4. The van der Waals surface area contributed by atoms with E-state index >= 15 is 0 Å². The molecule has 0 amide bonds. The van der Waals surface area contributed by atoms with Crippen molar-refractivity contribution < 1.29 is 19.4 Å². The van der Waals surface area contributed by atoms with E-state index in [0.717, 1.165) is 12.0 Å². The predicted octanol–water partition coefficient (Wildman–Crippen LogP) is 0.594. The third-order valence-electron chi connectivity index (χ3n) is 2.87. The van der Waals surface area contributed by atoms with Gasteiger partial charge in [0.25, 0.3) is 0 Å². The number of ether oxygens (including phenoxy) is 2. The van der Waals surface area contributed by atoms with Crippen LogP contribution in [-0.4, -0.2) is 36.4 Å². The molecule has 3 N–H and O–H groups in total. The molecule has 0 spiro atoms. The first kappa shape index (κ1) is 12.9. The SMILES string of the molecule is N[C@@H](Cc1ccc(O)cc1)C(=O)OC1CCOC1. The van der Waals surface area contributed by atoms with E-state index in [1.807, 2.05) is 0 Å². The van der Waals surface area contributed by atoms with Gasteiger partial charge in [-0.25, -0.2) is 0 Å². The summed E-state index contributed by atoms with van der Waals surface area (Å²) >= 11 is 0. The molecule has 5 nitrogen and oxygen atoms in total. The number of carbonyl (C=O) groups is 1. The van der Waals surface area contributed by atoms with E-state index in [1.165, 1.54) is 0 Å². The normalized spacial score (nSPS) is 20.6. The summed E-state index contributed by atoms with van der Waals surface area (Å²) < 4.78 is 10.4. The van der Waals surface area contributed by atoms with E-state index in [-0.39, 0.29) is 11.9 Å². The van der Waals surface area contributed by atoms with Crippen LogP contribution in [0.25, 0.3) is 0 Å². The van der Waals surface area contributed by atoms with Crippen LogP contribution in [0.4, 0.5) is 0 Å². The highest BCUT2D eigenvalue weighted by Gasteiger charge is 2.23. The molecule has 0 saturated carbocycles. The molecule has 98 valence electrons. The van der Waals surface area contributed by atoms with E-state index in [1.54, 1.807) is 24.3 Å². The Bertz CT molecular complexity index is 398. The van der Waals surface area contributed by atoms with Crippen molar-refractivity contribution in [1.82, 2.24) is 0 Å². The van der Waals surface area contributed by atoms with Crippen LogP contribution in [0.5, 0.6) is 5.75 Å². The molecule has 0 aromatic heterocycles. The van der Waals surface area contributed by atoms with Gasteiger partial charge < -0.3 is 20.3 Å². The predicted molar refractivity (Wildman–Crippen MR) is 65.1 cm³/mol. The molecule has 0 radical (unpaired) electrons. The largest absolute Gasteiger partial charge is 0.508 e. The van der Waals surface area contributed by atoms with Gasteiger partial charge in [0.15, 0.2) is 0 Å². The summed E-state index contributed by atoms with van der Waals surface area (Å²) in [5, 5.41) is 9.15. The molecule has 1 aliphatic rings. The van der Waals surface area contributed by atoms with E-state index in [4.69, 9.17) is 20.3 Å². The number of hydrogen-bond acceptors (Lipinski definition) is 5. The first-order valence-electron chi connectivity index (χ1n) is 5.97. The molecule has 1 heterocycles. The van der Waals surface area contributed by atoms with Gasteiger partial charge >= 0.3 is 5.97 Å². The minimum Gasteiger partial charge on any atom is -0.508 e. The van der Waals surface area contributed by atoms with Gasteiger partial charge in [-0.1, -0.05) is 12.1 Å². The van der Waals surface area contributed by atoms with Crippen LogP contribution in [0.15, 0.2) is 24.3 Å². The Hall–Kier alpha value is -1.59. The zero-order valence-corrected chi connectivity index (χ0v) is 10.0. The van der Waals surface area contributed by atoms with Crippen molar-refractivity contribution in [3.05, 3.63) is 29.8 Å². The Morgan fingerprint density at radius 1 is 1.50 bits per heavy atom. The quantitative estimate of drug-likeness (QED) is 0.765. The standard InChI is InChI=1S/C13H17NO4/c14-12(7-9-1-3-10(15)4-2-9)13(16)18-11-5-6-17-8-11/h1-4,11-12,15H,5-8,14H2/t11?,12-/m0/s1. The Morgan fingerprint density at radius 3 is 2.83 bits per heavy atom. The maximum Gasteiger partial charge on any atom is 0.323 e. The number of phenolic OH excluding ortho intramolecular Hbond substituents is 1. The van der Waals surface area contributed by atoms with Crippen LogP contribution in [0.1, 0.15) is 12.0 Å². The van der Waals surface area contributed by atoms with Crippen LogP contribution in [0, 0.1) is 0 Å². The second-order valence-corrected chi connectivity index (χ2v) is 4.40. The smallest absolute Gasteiger partial charge is 0.323 e.